The van der Waals surface area contributed by atoms with E-state index in [1.54, 1.807) is 19.1 Å². The van der Waals surface area contributed by atoms with Crippen LogP contribution < -0.4 is 5.32 Å². The third kappa shape index (κ3) is 6.47. The number of imidazole rings is 1. The normalized spacial score (nSPS) is 18.0. The molecular formula is C31H40FN5O4. The van der Waals surface area contributed by atoms with Crippen molar-refractivity contribution in [1.29, 1.82) is 0 Å². The third-order valence-electron chi connectivity index (χ3n) is 7.91. The van der Waals surface area contributed by atoms with Gasteiger partial charge in [0.05, 0.1) is 22.9 Å². The Morgan fingerprint density at radius 1 is 1.15 bits per heavy atom. The molecule has 1 atom stereocenters. The lowest BCUT2D eigenvalue weighted by molar-refractivity contribution is 0.0346. The summed E-state index contributed by atoms with van der Waals surface area (Å²) in [6.45, 7) is 7.60. The van der Waals surface area contributed by atoms with Gasteiger partial charge in [0.1, 0.15) is 28.8 Å². The van der Waals surface area contributed by atoms with Crippen molar-refractivity contribution in [3.63, 3.8) is 0 Å². The first kappa shape index (κ1) is 28.8. The van der Waals surface area contributed by atoms with Crippen LogP contribution in [0.4, 0.5) is 9.18 Å². The minimum absolute atomic E-state index is 0.145. The van der Waals surface area contributed by atoms with E-state index >= 15 is 4.39 Å². The number of carbonyl (C=O) groups excluding carboxylic acids is 2. The number of nitrogens with one attached hydrogen (secondary N) is 2. The molecule has 2 amide bonds. The maximum atomic E-state index is 16.2. The molecule has 2 aromatic heterocycles. The first-order valence-electron chi connectivity index (χ1n) is 14.7. The van der Waals surface area contributed by atoms with Crippen molar-refractivity contribution < 1.29 is 23.2 Å². The van der Waals surface area contributed by atoms with Gasteiger partial charge in [-0.3, -0.25) is 9.69 Å². The van der Waals surface area contributed by atoms with Crippen LogP contribution in [0.15, 0.2) is 29.0 Å². The van der Waals surface area contributed by atoms with E-state index < -0.39 is 23.6 Å². The summed E-state index contributed by atoms with van der Waals surface area (Å²) in [5, 5.41) is 7.01. The number of halogens is 1. The number of amides is 2. The second-order valence-electron chi connectivity index (χ2n) is 12.2. The highest BCUT2D eigenvalue weighted by atomic mass is 19.1. The smallest absolute Gasteiger partial charge is 0.414 e. The molecule has 1 aromatic carbocycles. The first-order valence-corrected chi connectivity index (χ1v) is 14.7. The fourth-order valence-electron chi connectivity index (χ4n) is 5.85. The second kappa shape index (κ2) is 12.0. The lowest BCUT2D eigenvalue weighted by Gasteiger charge is -2.31. The van der Waals surface area contributed by atoms with Gasteiger partial charge >= 0.3 is 6.09 Å². The fourth-order valence-corrected chi connectivity index (χ4v) is 5.85. The largest absolute Gasteiger partial charge is 0.443 e. The van der Waals surface area contributed by atoms with Gasteiger partial charge in [-0.2, -0.15) is 0 Å². The molecule has 9 nitrogen and oxygen atoms in total. The maximum absolute atomic E-state index is 16.2. The number of rotatable bonds is 5. The number of allylic oxidation sites excluding steroid dienone is 1. The molecule has 2 N–H and O–H groups in total. The summed E-state index contributed by atoms with van der Waals surface area (Å²) < 4.78 is 26.8. The van der Waals surface area contributed by atoms with Crippen molar-refractivity contribution in [2.45, 2.75) is 97.1 Å². The number of hydrogen-bond acceptors (Lipinski definition) is 6. The fraction of sp³-hybridized carbons (Fsp3) is 0.548. The van der Waals surface area contributed by atoms with Crippen LogP contribution in [-0.4, -0.2) is 44.2 Å². The van der Waals surface area contributed by atoms with E-state index in [0.29, 0.717) is 40.4 Å². The highest BCUT2D eigenvalue weighted by molar-refractivity contribution is 5.95. The number of benzene rings is 1. The Morgan fingerprint density at radius 3 is 2.56 bits per heavy atom. The topological polar surface area (TPSA) is 113 Å². The number of aryl methyl sites for hydroxylation is 1. The Morgan fingerprint density at radius 2 is 1.88 bits per heavy atom. The highest BCUT2D eigenvalue weighted by Crippen LogP contribution is 2.35. The highest BCUT2D eigenvalue weighted by Gasteiger charge is 2.32. The number of hydrogen-bond donors (Lipinski definition) is 2. The molecule has 3 heterocycles. The average Bonchev–Trinajstić information content (AvgIpc) is 3.53. The predicted molar refractivity (Wildman–Crippen MR) is 153 cm³/mol. The van der Waals surface area contributed by atoms with E-state index in [2.05, 4.69) is 15.5 Å². The lowest BCUT2D eigenvalue weighted by atomic mass is 9.85. The van der Waals surface area contributed by atoms with Crippen LogP contribution in [0, 0.1) is 18.7 Å². The SMILES string of the molecule is Cc1nocc1C(=O)NC(c1nc2c(F)c(C3=CCCCN3C(=O)OC(C)(C)C)ccc2[nH]1)C1CCCCCCC1. The molecule has 2 aliphatic rings. The quantitative estimate of drug-likeness (QED) is 0.338. The van der Waals surface area contributed by atoms with Crippen LogP contribution in [0.25, 0.3) is 16.7 Å². The van der Waals surface area contributed by atoms with Gasteiger partial charge in [0.15, 0.2) is 5.82 Å². The minimum atomic E-state index is -0.666. The van der Waals surface area contributed by atoms with Crippen molar-refractivity contribution in [2.75, 3.05) is 6.54 Å². The zero-order chi connectivity index (χ0) is 29.1. The first-order chi connectivity index (χ1) is 19.6. The molecule has 0 saturated heterocycles. The molecule has 220 valence electrons. The van der Waals surface area contributed by atoms with Crippen molar-refractivity contribution in [3.8, 4) is 0 Å². The zero-order valence-electron chi connectivity index (χ0n) is 24.4. The van der Waals surface area contributed by atoms with Crippen molar-refractivity contribution >= 4 is 28.7 Å². The molecule has 5 rings (SSSR count). The van der Waals surface area contributed by atoms with Gasteiger partial charge in [-0.25, -0.2) is 14.2 Å². The van der Waals surface area contributed by atoms with Crippen LogP contribution in [0.1, 0.15) is 112 Å². The Kier molecular flexibility index (Phi) is 8.47. The number of nitrogens with zero attached hydrogens (tertiary/aromatic N) is 3. The van der Waals surface area contributed by atoms with Gasteiger partial charge in [0.25, 0.3) is 5.91 Å². The summed E-state index contributed by atoms with van der Waals surface area (Å²) in [5.74, 6) is -0.140. The Bertz CT molecular complexity index is 1430. The molecule has 1 aliphatic heterocycles. The molecule has 10 heteroatoms. The van der Waals surface area contributed by atoms with E-state index in [4.69, 9.17) is 14.2 Å². The van der Waals surface area contributed by atoms with Gasteiger partial charge in [-0.1, -0.05) is 43.3 Å². The molecule has 0 spiro atoms. The van der Waals surface area contributed by atoms with Gasteiger partial charge in [0.2, 0.25) is 0 Å². The minimum Gasteiger partial charge on any atom is -0.443 e. The van der Waals surface area contributed by atoms with E-state index in [1.807, 2.05) is 26.8 Å². The van der Waals surface area contributed by atoms with Crippen LogP contribution >= 0.6 is 0 Å². The molecule has 1 unspecified atom stereocenters. The van der Waals surface area contributed by atoms with Gasteiger partial charge in [-0.15, -0.1) is 0 Å². The molecule has 41 heavy (non-hydrogen) atoms. The summed E-state index contributed by atoms with van der Waals surface area (Å²) in [6, 6.07) is 3.03. The standard InChI is InChI=1S/C31H40FN5O4/c1-19-22(18-40-36-19)29(38)35-26(20-12-8-6-5-7-9-13-20)28-33-23-16-15-21(25(32)27(23)34-28)24-14-10-11-17-37(24)30(39)41-31(2,3)4/h14-16,18,20,26H,5-13,17H2,1-4H3,(H,33,34)(H,35,38). The molecule has 3 aromatic rings. The Balaban J connectivity index is 1.50. The van der Waals surface area contributed by atoms with E-state index in [9.17, 15) is 9.59 Å². The molecular weight excluding hydrogens is 525 g/mol. The number of ether oxygens (including phenoxy) is 1. The molecule has 0 bridgehead atoms. The lowest BCUT2D eigenvalue weighted by Crippen LogP contribution is -2.37. The summed E-state index contributed by atoms with van der Waals surface area (Å²) in [5.41, 5.74) is 1.72. The number of aromatic amines is 1. The maximum Gasteiger partial charge on any atom is 0.414 e. The van der Waals surface area contributed by atoms with Crippen molar-refractivity contribution in [3.05, 3.63) is 52.9 Å². The summed E-state index contributed by atoms with van der Waals surface area (Å²) in [6.07, 6.45) is 11.8. The van der Waals surface area contributed by atoms with Crippen LogP contribution in [0.5, 0.6) is 0 Å². The van der Waals surface area contributed by atoms with E-state index in [0.717, 1.165) is 51.4 Å². The van der Waals surface area contributed by atoms with Crippen LogP contribution in [0.2, 0.25) is 0 Å². The number of fused-ring (bicyclic) bond motifs is 1. The Hall–Kier alpha value is -3.69. The van der Waals surface area contributed by atoms with Crippen molar-refractivity contribution in [2.24, 2.45) is 5.92 Å². The number of carbonyl (C=O) groups is 2. The monoisotopic (exact) mass is 565 g/mol. The third-order valence-corrected chi connectivity index (χ3v) is 7.91. The average molecular weight is 566 g/mol. The van der Waals surface area contributed by atoms with E-state index in [1.165, 1.54) is 17.6 Å². The predicted octanol–water partition coefficient (Wildman–Crippen LogP) is 7.20. The van der Waals surface area contributed by atoms with Crippen LogP contribution in [-0.2, 0) is 4.74 Å². The second-order valence-corrected chi connectivity index (χ2v) is 12.2. The zero-order valence-corrected chi connectivity index (χ0v) is 24.4. The number of aromatic nitrogens is 3. The molecule has 1 saturated carbocycles. The summed E-state index contributed by atoms with van der Waals surface area (Å²) in [4.78, 5) is 35.8. The summed E-state index contributed by atoms with van der Waals surface area (Å²) >= 11 is 0. The number of H-pyrrole nitrogens is 1. The van der Waals surface area contributed by atoms with E-state index in [-0.39, 0.29) is 17.3 Å². The van der Waals surface area contributed by atoms with Crippen molar-refractivity contribution in [1.82, 2.24) is 25.3 Å². The van der Waals surface area contributed by atoms with Crippen LogP contribution in [0.3, 0.4) is 0 Å². The molecule has 1 fully saturated rings. The summed E-state index contributed by atoms with van der Waals surface area (Å²) in [7, 11) is 0. The molecule has 0 radical (unpaired) electrons. The van der Waals surface area contributed by atoms with Gasteiger partial charge in [-0.05, 0) is 71.4 Å². The van der Waals surface area contributed by atoms with Gasteiger partial charge < -0.3 is 19.6 Å². The van der Waals surface area contributed by atoms with Gasteiger partial charge in [0, 0.05) is 12.1 Å². The molecule has 1 aliphatic carbocycles. The Labute approximate surface area is 239 Å².